The van der Waals surface area contributed by atoms with Crippen molar-refractivity contribution in [3.05, 3.63) is 39.9 Å². The van der Waals surface area contributed by atoms with Gasteiger partial charge in [-0.05, 0) is 24.7 Å². The van der Waals surface area contributed by atoms with E-state index in [1.807, 2.05) is 12.1 Å². The van der Waals surface area contributed by atoms with Crippen LogP contribution < -0.4 is 5.43 Å². The summed E-state index contributed by atoms with van der Waals surface area (Å²) in [5.41, 5.74) is 3.42. The number of hydrazine groups is 1. The maximum absolute atomic E-state index is 11.4. The van der Waals surface area contributed by atoms with E-state index in [0.717, 1.165) is 26.2 Å². The number of nitrogens with one attached hydrogen (secondary N) is 1. The van der Waals surface area contributed by atoms with Crippen molar-refractivity contribution >= 4 is 11.7 Å². The van der Waals surface area contributed by atoms with E-state index in [2.05, 4.69) is 10.3 Å². The van der Waals surface area contributed by atoms with Gasteiger partial charge in [-0.25, -0.2) is 10.4 Å². The Morgan fingerprint density at radius 2 is 1.86 bits per heavy atom. The van der Waals surface area contributed by atoms with Crippen LogP contribution in [-0.4, -0.2) is 59.1 Å². The van der Waals surface area contributed by atoms with Crippen LogP contribution in [0.1, 0.15) is 11.6 Å². The van der Waals surface area contributed by atoms with E-state index < -0.39 is 16.9 Å². The molecule has 0 radical (unpaired) electrons. The van der Waals surface area contributed by atoms with Crippen LogP contribution in [0, 0.1) is 10.1 Å². The first-order chi connectivity index (χ1) is 9.97. The Hall–Kier alpha value is -2.03. The van der Waals surface area contributed by atoms with E-state index in [0.29, 0.717) is 5.56 Å². The van der Waals surface area contributed by atoms with Gasteiger partial charge in [0.25, 0.3) is 5.69 Å². The number of nitrogens with zero attached hydrogens (tertiary/aromatic N) is 3. The summed E-state index contributed by atoms with van der Waals surface area (Å²) < 4.78 is 0. The highest BCUT2D eigenvalue weighted by Gasteiger charge is 2.24. The van der Waals surface area contributed by atoms with Gasteiger partial charge in [-0.2, -0.15) is 0 Å². The number of likely N-dealkylation sites (N-methyl/N-ethyl adjacent to an activating group) is 1. The second-order valence-corrected chi connectivity index (χ2v) is 5.04. The van der Waals surface area contributed by atoms with Gasteiger partial charge in [0.15, 0.2) is 0 Å². The minimum absolute atomic E-state index is 0.0533. The Morgan fingerprint density at radius 3 is 2.33 bits per heavy atom. The summed E-state index contributed by atoms with van der Waals surface area (Å²) >= 11 is 0. The number of hydrogen-bond donors (Lipinski definition) is 2. The predicted molar refractivity (Wildman–Crippen MR) is 75.7 cm³/mol. The molecule has 0 saturated carbocycles. The molecule has 1 saturated heterocycles. The van der Waals surface area contributed by atoms with E-state index in [4.69, 9.17) is 0 Å². The Kier molecular flexibility index (Phi) is 4.84. The monoisotopic (exact) mass is 294 g/mol. The van der Waals surface area contributed by atoms with Gasteiger partial charge in [0, 0.05) is 38.3 Å². The molecule has 8 heteroatoms. The van der Waals surface area contributed by atoms with Crippen molar-refractivity contribution in [1.82, 2.24) is 15.3 Å². The number of benzene rings is 1. The van der Waals surface area contributed by atoms with Crippen molar-refractivity contribution in [2.75, 3.05) is 33.2 Å². The lowest BCUT2D eigenvalue weighted by atomic mass is 10.1. The van der Waals surface area contributed by atoms with Crippen molar-refractivity contribution in [1.29, 1.82) is 0 Å². The number of nitro benzene ring substituents is 1. The number of non-ortho nitro benzene ring substituents is 1. The van der Waals surface area contributed by atoms with Gasteiger partial charge in [0.2, 0.25) is 0 Å². The Labute approximate surface area is 122 Å². The molecule has 1 aromatic rings. The molecule has 1 aliphatic heterocycles. The highest BCUT2D eigenvalue weighted by atomic mass is 16.6. The molecule has 1 aliphatic rings. The lowest BCUT2D eigenvalue weighted by molar-refractivity contribution is -0.384. The summed E-state index contributed by atoms with van der Waals surface area (Å²) in [5.74, 6) is -1.01. The number of carboxylic acid groups (broad SMARTS) is 1. The molecule has 21 heavy (non-hydrogen) atoms. The number of nitro groups is 1. The lowest BCUT2D eigenvalue weighted by Gasteiger charge is -2.34. The molecule has 1 atom stereocenters. The van der Waals surface area contributed by atoms with Crippen LogP contribution in [0.4, 0.5) is 5.69 Å². The van der Waals surface area contributed by atoms with Crippen LogP contribution >= 0.6 is 0 Å². The molecule has 0 amide bonds. The molecule has 2 N–H and O–H groups in total. The SMILES string of the molecule is CN1CCN(NC(C(=O)O)c2ccc([N+](=O)[O-])cc2)CC1. The zero-order chi connectivity index (χ0) is 15.4. The van der Waals surface area contributed by atoms with Crippen molar-refractivity contribution < 1.29 is 14.8 Å². The van der Waals surface area contributed by atoms with Crippen LogP contribution in [0.3, 0.4) is 0 Å². The normalized spacial score (nSPS) is 18.3. The smallest absolute Gasteiger partial charge is 0.326 e. The van der Waals surface area contributed by atoms with Gasteiger partial charge in [-0.3, -0.25) is 14.9 Å². The second-order valence-electron chi connectivity index (χ2n) is 5.04. The molecule has 1 fully saturated rings. The Balaban J connectivity index is 2.08. The number of aliphatic carboxylic acids is 1. The molecule has 8 nitrogen and oxygen atoms in total. The summed E-state index contributed by atoms with van der Waals surface area (Å²) in [7, 11) is 2.02. The maximum Gasteiger partial charge on any atom is 0.326 e. The minimum Gasteiger partial charge on any atom is -0.480 e. The van der Waals surface area contributed by atoms with Gasteiger partial charge < -0.3 is 10.0 Å². The molecule has 114 valence electrons. The molecule has 0 bridgehead atoms. The molecular weight excluding hydrogens is 276 g/mol. The Bertz CT molecular complexity index is 511. The van der Waals surface area contributed by atoms with E-state index >= 15 is 0 Å². The third kappa shape index (κ3) is 3.97. The number of hydrogen-bond acceptors (Lipinski definition) is 6. The molecule has 0 spiro atoms. The summed E-state index contributed by atoms with van der Waals surface area (Å²) in [4.78, 5) is 23.7. The van der Waals surface area contributed by atoms with Gasteiger partial charge in [-0.15, -0.1) is 0 Å². The first kappa shape index (κ1) is 15.4. The average Bonchev–Trinajstić information content (AvgIpc) is 2.46. The highest BCUT2D eigenvalue weighted by Crippen LogP contribution is 2.18. The van der Waals surface area contributed by atoms with Crippen molar-refractivity contribution in [3.8, 4) is 0 Å². The third-order valence-electron chi connectivity index (χ3n) is 3.50. The van der Waals surface area contributed by atoms with Crippen LogP contribution in [-0.2, 0) is 4.79 Å². The van der Waals surface area contributed by atoms with Crippen molar-refractivity contribution in [2.45, 2.75) is 6.04 Å². The summed E-state index contributed by atoms with van der Waals surface area (Å²) in [6.07, 6.45) is 0. The highest BCUT2D eigenvalue weighted by molar-refractivity contribution is 5.75. The fourth-order valence-corrected chi connectivity index (χ4v) is 2.18. The van der Waals surface area contributed by atoms with Crippen molar-refractivity contribution in [3.63, 3.8) is 0 Å². The summed E-state index contributed by atoms with van der Waals surface area (Å²) in [6.45, 7) is 3.18. The quantitative estimate of drug-likeness (QED) is 0.601. The fraction of sp³-hybridized carbons (Fsp3) is 0.462. The maximum atomic E-state index is 11.4. The van der Waals surface area contributed by atoms with Gasteiger partial charge in [0.1, 0.15) is 6.04 Å². The van der Waals surface area contributed by atoms with E-state index in [1.54, 1.807) is 0 Å². The molecule has 1 aromatic carbocycles. The zero-order valence-corrected chi connectivity index (χ0v) is 11.7. The molecule has 1 heterocycles. The molecular formula is C13H18N4O4. The minimum atomic E-state index is -1.01. The zero-order valence-electron chi connectivity index (χ0n) is 11.7. The van der Waals surface area contributed by atoms with Crippen molar-refractivity contribution in [2.24, 2.45) is 0 Å². The fourth-order valence-electron chi connectivity index (χ4n) is 2.18. The van der Waals surface area contributed by atoms with Crippen LogP contribution in [0.15, 0.2) is 24.3 Å². The first-order valence-corrected chi connectivity index (χ1v) is 6.64. The van der Waals surface area contributed by atoms with Gasteiger partial charge in [0.05, 0.1) is 4.92 Å². The molecule has 2 rings (SSSR count). The topological polar surface area (TPSA) is 99.0 Å². The van der Waals surface area contributed by atoms with Crippen LogP contribution in [0.2, 0.25) is 0 Å². The molecule has 0 aromatic heterocycles. The van der Waals surface area contributed by atoms with Gasteiger partial charge in [-0.1, -0.05) is 0 Å². The van der Waals surface area contributed by atoms with E-state index in [9.17, 15) is 20.0 Å². The third-order valence-corrected chi connectivity index (χ3v) is 3.50. The lowest BCUT2D eigenvalue weighted by Crippen LogP contribution is -2.52. The molecule has 1 unspecified atom stereocenters. The predicted octanol–water partition coefficient (Wildman–Crippen LogP) is 0.473. The second kappa shape index (κ2) is 6.61. The summed E-state index contributed by atoms with van der Waals surface area (Å²) in [6, 6.07) is 4.67. The van der Waals surface area contributed by atoms with E-state index in [-0.39, 0.29) is 5.69 Å². The number of carboxylic acids is 1. The Morgan fingerprint density at radius 1 is 1.29 bits per heavy atom. The number of piperazine rings is 1. The summed E-state index contributed by atoms with van der Waals surface area (Å²) in [5, 5.41) is 21.9. The average molecular weight is 294 g/mol. The van der Waals surface area contributed by atoms with E-state index in [1.165, 1.54) is 24.3 Å². The number of carbonyl (C=O) groups is 1. The number of rotatable bonds is 5. The van der Waals surface area contributed by atoms with Crippen LogP contribution in [0.5, 0.6) is 0 Å². The largest absolute Gasteiger partial charge is 0.480 e. The van der Waals surface area contributed by atoms with Gasteiger partial charge >= 0.3 is 5.97 Å². The first-order valence-electron chi connectivity index (χ1n) is 6.64. The molecule has 0 aliphatic carbocycles. The standard InChI is InChI=1S/C13H18N4O4/c1-15-6-8-16(9-7-15)14-12(13(18)19)10-2-4-11(5-3-10)17(20)21/h2-5,12,14H,6-9H2,1H3,(H,18,19). The van der Waals surface area contributed by atoms with Crippen LogP contribution in [0.25, 0.3) is 0 Å².